The highest BCUT2D eigenvalue weighted by Crippen LogP contribution is 2.32. The first-order chi connectivity index (χ1) is 12.0. The van der Waals surface area contributed by atoms with Gasteiger partial charge in [-0.3, -0.25) is 9.89 Å². The van der Waals surface area contributed by atoms with Gasteiger partial charge in [0.25, 0.3) is 5.91 Å². The molecule has 0 saturated carbocycles. The normalized spacial score (nSPS) is 22.6. The van der Waals surface area contributed by atoms with Crippen LogP contribution >= 0.6 is 0 Å². The summed E-state index contributed by atoms with van der Waals surface area (Å²) < 4.78 is 11.7. The maximum absolute atomic E-state index is 12.9. The van der Waals surface area contributed by atoms with Crippen molar-refractivity contribution < 1.29 is 14.3 Å². The Hall–Kier alpha value is -2.41. The summed E-state index contributed by atoms with van der Waals surface area (Å²) in [5.41, 5.74) is 3.51. The number of ether oxygens (including phenoxy) is 2. The van der Waals surface area contributed by atoms with Crippen LogP contribution in [0.15, 0.2) is 12.1 Å². The number of nitrogens with zero attached hydrogens (tertiary/aromatic N) is 3. The minimum absolute atomic E-state index is 0.00654. The Morgan fingerprint density at radius 1 is 1.28 bits per heavy atom. The number of H-pyrrole nitrogens is 1. The van der Waals surface area contributed by atoms with Crippen LogP contribution in [0, 0.1) is 20.8 Å². The Balaban J connectivity index is 1.46. The molecule has 7 nitrogen and oxygen atoms in total. The van der Waals surface area contributed by atoms with Gasteiger partial charge in [0, 0.05) is 13.0 Å². The molecule has 1 aromatic heterocycles. The number of benzene rings is 1. The highest BCUT2D eigenvalue weighted by molar-refractivity contribution is 5.83. The number of carbonyl (C=O) groups excluding carboxylic acids is 1. The van der Waals surface area contributed by atoms with Crippen molar-refractivity contribution in [3.05, 3.63) is 40.5 Å². The summed E-state index contributed by atoms with van der Waals surface area (Å²) in [4.78, 5) is 19.0. The van der Waals surface area contributed by atoms with Crippen LogP contribution in [0.5, 0.6) is 5.75 Å². The zero-order valence-corrected chi connectivity index (χ0v) is 14.7. The van der Waals surface area contributed by atoms with E-state index < -0.39 is 6.10 Å². The fraction of sp³-hybridized carbons (Fsp3) is 0.500. The van der Waals surface area contributed by atoms with Gasteiger partial charge in [-0.2, -0.15) is 5.10 Å². The van der Waals surface area contributed by atoms with Crippen molar-refractivity contribution in [3.63, 3.8) is 0 Å². The van der Waals surface area contributed by atoms with E-state index in [9.17, 15) is 4.79 Å². The van der Waals surface area contributed by atoms with Crippen LogP contribution in [-0.4, -0.2) is 51.8 Å². The second-order valence-electron chi connectivity index (χ2n) is 6.78. The SMILES string of the molecule is Cc1nc([C@H]2CN(C(=O)[C@H]3Cc4cc(C)c(C)cc4O3)CCO2)n[nH]1. The number of hydrogen-bond donors (Lipinski definition) is 1. The van der Waals surface area contributed by atoms with Crippen LogP contribution in [0.25, 0.3) is 0 Å². The molecule has 132 valence electrons. The number of nitrogens with one attached hydrogen (secondary N) is 1. The maximum atomic E-state index is 12.9. The van der Waals surface area contributed by atoms with Gasteiger partial charge in [-0.05, 0) is 43.5 Å². The number of morpholine rings is 1. The lowest BCUT2D eigenvalue weighted by molar-refractivity contribution is -0.146. The standard InChI is InChI=1S/C18H22N4O3/c1-10-6-13-8-15(25-14(13)7-11(10)2)18(23)22-4-5-24-16(9-22)17-19-12(3)20-21-17/h6-7,15-16H,4-5,8-9H2,1-3H3,(H,19,20,21)/t15-,16-/m1/s1. The Kier molecular flexibility index (Phi) is 3.95. The fourth-order valence-corrected chi connectivity index (χ4v) is 3.36. The Bertz CT molecular complexity index is 786. The number of aromatic amines is 1. The second kappa shape index (κ2) is 6.15. The van der Waals surface area contributed by atoms with Crippen molar-refractivity contribution in [2.24, 2.45) is 0 Å². The molecule has 7 heteroatoms. The van der Waals surface area contributed by atoms with E-state index in [4.69, 9.17) is 9.47 Å². The van der Waals surface area contributed by atoms with Crippen molar-refractivity contribution in [2.75, 3.05) is 19.7 Å². The van der Waals surface area contributed by atoms with Crippen LogP contribution in [0.2, 0.25) is 0 Å². The molecular weight excluding hydrogens is 320 g/mol. The molecule has 0 bridgehead atoms. The van der Waals surface area contributed by atoms with Crippen LogP contribution < -0.4 is 4.74 Å². The van der Waals surface area contributed by atoms with Gasteiger partial charge in [0.1, 0.15) is 17.7 Å². The molecule has 2 atom stereocenters. The average Bonchev–Trinajstić information content (AvgIpc) is 3.21. The Morgan fingerprint density at radius 3 is 2.84 bits per heavy atom. The molecule has 2 aromatic rings. The van der Waals surface area contributed by atoms with Gasteiger partial charge in [0.2, 0.25) is 0 Å². The van der Waals surface area contributed by atoms with Crippen molar-refractivity contribution in [2.45, 2.75) is 39.4 Å². The first kappa shape index (κ1) is 16.1. The van der Waals surface area contributed by atoms with Crippen LogP contribution in [-0.2, 0) is 16.0 Å². The van der Waals surface area contributed by atoms with Gasteiger partial charge < -0.3 is 14.4 Å². The number of aryl methyl sites for hydroxylation is 3. The Morgan fingerprint density at radius 2 is 2.08 bits per heavy atom. The van der Waals surface area contributed by atoms with E-state index in [1.54, 1.807) is 4.90 Å². The van der Waals surface area contributed by atoms with Gasteiger partial charge in [-0.15, -0.1) is 0 Å². The van der Waals surface area contributed by atoms with E-state index in [-0.39, 0.29) is 12.0 Å². The summed E-state index contributed by atoms with van der Waals surface area (Å²) in [7, 11) is 0. The third kappa shape index (κ3) is 3.00. The van der Waals surface area contributed by atoms with Gasteiger partial charge in [0.05, 0.1) is 13.2 Å². The predicted octanol–water partition coefficient (Wildman–Crippen LogP) is 1.63. The summed E-state index contributed by atoms with van der Waals surface area (Å²) in [5.74, 6) is 2.17. The fourth-order valence-electron chi connectivity index (χ4n) is 3.36. The highest BCUT2D eigenvalue weighted by atomic mass is 16.5. The molecule has 0 spiro atoms. The van der Waals surface area contributed by atoms with Gasteiger partial charge in [-0.1, -0.05) is 6.07 Å². The van der Waals surface area contributed by atoms with Gasteiger partial charge in [-0.25, -0.2) is 4.98 Å². The minimum atomic E-state index is -0.455. The Labute approximate surface area is 146 Å². The van der Waals surface area contributed by atoms with Crippen LogP contribution in [0.1, 0.15) is 34.4 Å². The summed E-state index contributed by atoms with van der Waals surface area (Å²) in [6.45, 7) is 7.46. The molecule has 1 aromatic carbocycles. The van der Waals surface area contributed by atoms with E-state index in [0.717, 1.165) is 17.1 Å². The number of rotatable bonds is 2. The van der Waals surface area contributed by atoms with Crippen molar-refractivity contribution >= 4 is 5.91 Å². The smallest absolute Gasteiger partial charge is 0.264 e. The van der Waals surface area contributed by atoms with Crippen LogP contribution in [0.4, 0.5) is 0 Å². The largest absolute Gasteiger partial charge is 0.480 e. The van der Waals surface area contributed by atoms with Gasteiger partial charge >= 0.3 is 0 Å². The van der Waals surface area contributed by atoms with E-state index in [0.29, 0.717) is 31.9 Å². The molecule has 1 fully saturated rings. The average molecular weight is 342 g/mol. The molecule has 25 heavy (non-hydrogen) atoms. The van der Waals surface area contributed by atoms with Crippen molar-refractivity contribution in [1.29, 1.82) is 0 Å². The van der Waals surface area contributed by atoms with E-state index in [2.05, 4.69) is 35.1 Å². The summed E-state index contributed by atoms with van der Waals surface area (Å²) in [5, 5.41) is 6.97. The van der Waals surface area contributed by atoms with Crippen molar-refractivity contribution in [1.82, 2.24) is 20.1 Å². The molecule has 2 aliphatic rings. The summed E-state index contributed by atoms with van der Waals surface area (Å²) >= 11 is 0. The molecule has 4 rings (SSSR count). The zero-order chi connectivity index (χ0) is 17.6. The third-order valence-corrected chi connectivity index (χ3v) is 4.91. The molecule has 1 amide bonds. The third-order valence-electron chi connectivity index (χ3n) is 4.91. The lowest BCUT2D eigenvalue weighted by Crippen LogP contribution is -2.48. The number of amides is 1. The molecule has 0 unspecified atom stereocenters. The predicted molar refractivity (Wildman–Crippen MR) is 90.4 cm³/mol. The molecule has 1 saturated heterocycles. The monoisotopic (exact) mass is 342 g/mol. The first-order valence-electron chi connectivity index (χ1n) is 8.57. The molecular formula is C18H22N4O3. The molecule has 0 aliphatic carbocycles. The van der Waals surface area contributed by atoms with Crippen molar-refractivity contribution in [3.8, 4) is 5.75 Å². The molecule has 3 heterocycles. The molecule has 2 aliphatic heterocycles. The number of carbonyl (C=O) groups is 1. The topological polar surface area (TPSA) is 80.3 Å². The number of aromatic nitrogens is 3. The van der Waals surface area contributed by atoms with Crippen LogP contribution in [0.3, 0.4) is 0 Å². The summed E-state index contributed by atoms with van der Waals surface area (Å²) in [6.07, 6.45) is -0.128. The number of hydrogen-bond acceptors (Lipinski definition) is 5. The van der Waals surface area contributed by atoms with E-state index in [1.165, 1.54) is 11.1 Å². The summed E-state index contributed by atoms with van der Waals surface area (Å²) in [6, 6.07) is 4.15. The zero-order valence-electron chi connectivity index (χ0n) is 14.7. The minimum Gasteiger partial charge on any atom is -0.480 e. The lowest BCUT2D eigenvalue weighted by atomic mass is 10.0. The first-order valence-corrected chi connectivity index (χ1v) is 8.57. The van der Waals surface area contributed by atoms with Gasteiger partial charge in [0.15, 0.2) is 11.9 Å². The molecule has 0 radical (unpaired) electrons. The molecule has 1 N–H and O–H groups in total. The quantitative estimate of drug-likeness (QED) is 0.897. The maximum Gasteiger partial charge on any atom is 0.264 e. The highest BCUT2D eigenvalue weighted by Gasteiger charge is 2.36. The van der Waals surface area contributed by atoms with E-state index >= 15 is 0 Å². The second-order valence-corrected chi connectivity index (χ2v) is 6.78. The van der Waals surface area contributed by atoms with E-state index in [1.807, 2.05) is 13.0 Å². The lowest BCUT2D eigenvalue weighted by Gasteiger charge is -2.32. The number of fused-ring (bicyclic) bond motifs is 1.